The van der Waals surface area contributed by atoms with E-state index in [1.54, 1.807) is 36.4 Å². The summed E-state index contributed by atoms with van der Waals surface area (Å²) in [5.41, 5.74) is 1.45. The highest BCUT2D eigenvalue weighted by Crippen LogP contribution is 2.34. The van der Waals surface area contributed by atoms with Gasteiger partial charge in [-0.1, -0.05) is 30.3 Å². The third-order valence-electron chi connectivity index (χ3n) is 4.80. The summed E-state index contributed by atoms with van der Waals surface area (Å²) in [6, 6.07) is 13.3. The van der Waals surface area contributed by atoms with Gasteiger partial charge in [-0.2, -0.15) is 0 Å². The first-order chi connectivity index (χ1) is 12.9. The molecule has 27 heavy (non-hydrogen) atoms. The van der Waals surface area contributed by atoms with Crippen molar-refractivity contribution in [3.63, 3.8) is 0 Å². The normalized spacial score (nSPS) is 24.4. The lowest BCUT2D eigenvalue weighted by Crippen LogP contribution is -2.39. The highest BCUT2D eigenvalue weighted by atomic mass is 19.1. The van der Waals surface area contributed by atoms with Crippen molar-refractivity contribution in [3.8, 4) is 0 Å². The molecule has 1 unspecified atom stereocenters. The summed E-state index contributed by atoms with van der Waals surface area (Å²) >= 11 is 0. The highest BCUT2D eigenvalue weighted by molar-refractivity contribution is 6.15. The van der Waals surface area contributed by atoms with Gasteiger partial charge in [0.1, 0.15) is 11.4 Å². The average molecular weight is 367 g/mol. The van der Waals surface area contributed by atoms with Crippen LogP contribution < -0.4 is 5.32 Å². The molecule has 5 nitrogen and oxygen atoms in total. The van der Waals surface area contributed by atoms with Crippen molar-refractivity contribution in [3.05, 3.63) is 77.1 Å². The van der Waals surface area contributed by atoms with E-state index in [0.29, 0.717) is 18.4 Å². The Balaban J connectivity index is 1.56. The van der Waals surface area contributed by atoms with Gasteiger partial charge in [0.2, 0.25) is 0 Å². The number of rotatable bonds is 2. The van der Waals surface area contributed by atoms with Crippen LogP contribution in [0.5, 0.6) is 0 Å². The van der Waals surface area contributed by atoms with E-state index in [9.17, 15) is 14.0 Å². The molecule has 0 aromatic heterocycles. The van der Waals surface area contributed by atoms with Gasteiger partial charge in [0.05, 0.1) is 5.54 Å². The zero-order valence-electron chi connectivity index (χ0n) is 14.7. The summed E-state index contributed by atoms with van der Waals surface area (Å²) in [5, 5.41) is 3.27. The van der Waals surface area contributed by atoms with Crippen LogP contribution in [-0.4, -0.2) is 17.5 Å². The number of fused-ring (bicyclic) bond motifs is 1. The van der Waals surface area contributed by atoms with E-state index in [4.69, 9.17) is 9.47 Å². The molecule has 2 aromatic rings. The van der Waals surface area contributed by atoms with E-state index >= 15 is 0 Å². The number of esters is 2. The molecule has 0 amide bonds. The maximum atomic E-state index is 13.4. The van der Waals surface area contributed by atoms with Gasteiger partial charge in [-0.25, -0.2) is 14.0 Å². The fourth-order valence-corrected chi connectivity index (χ4v) is 3.38. The molecule has 0 bridgehead atoms. The second kappa shape index (κ2) is 6.54. The number of aryl methyl sites for hydroxylation is 1. The molecular formula is C21H18FNO4. The lowest BCUT2D eigenvalue weighted by Gasteiger charge is -2.35. The predicted octanol–water partition coefficient (Wildman–Crippen LogP) is 3.67. The Morgan fingerprint density at radius 1 is 1.11 bits per heavy atom. The highest BCUT2D eigenvalue weighted by Gasteiger charge is 2.38. The van der Waals surface area contributed by atoms with Crippen molar-refractivity contribution in [1.82, 2.24) is 0 Å². The van der Waals surface area contributed by atoms with Crippen molar-refractivity contribution in [2.24, 2.45) is 0 Å². The lowest BCUT2D eigenvalue weighted by atomic mass is 9.86. The number of hydrogen-bond donors (Lipinski definition) is 1. The molecule has 0 aliphatic carbocycles. The summed E-state index contributed by atoms with van der Waals surface area (Å²) in [5.74, 6) is -1.72. The monoisotopic (exact) mass is 367 g/mol. The molecule has 1 fully saturated rings. The Kier molecular flexibility index (Phi) is 4.18. The van der Waals surface area contributed by atoms with Crippen LogP contribution in [0, 0.1) is 5.82 Å². The number of halogens is 1. The van der Waals surface area contributed by atoms with Gasteiger partial charge < -0.3 is 14.8 Å². The molecule has 4 rings (SSSR count). The minimum absolute atomic E-state index is 0.136. The Hall–Kier alpha value is -3.15. The van der Waals surface area contributed by atoms with Gasteiger partial charge in [-0.05, 0) is 49.6 Å². The Labute approximate surface area is 155 Å². The third-order valence-corrected chi connectivity index (χ3v) is 4.80. The van der Waals surface area contributed by atoms with Gasteiger partial charge in [-0.3, -0.25) is 0 Å². The Morgan fingerprint density at radius 3 is 2.52 bits per heavy atom. The topological polar surface area (TPSA) is 64.6 Å². The van der Waals surface area contributed by atoms with E-state index in [1.807, 2.05) is 13.0 Å². The summed E-state index contributed by atoms with van der Waals surface area (Å²) in [6.07, 6.45) is 1.72. The van der Waals surface area contributed by atoms with E-state index in [0.717, 1.165) is 11.3 Å². The zero-order valence-corrected chi connectivity index (χ0v) is 14.7. The number of nitrogens with one attached hydrogen (secondary N) is 1. The number of anilines is 1. The molecule has 1 atom stereocenters. The molecule has 138 valence electrons. The molecule has 0 radical (unpaired) electrons. The van der Waals surface area contributed by atoms with Gasteiger partial charge in [-0.15, -0.1) is 0 Å². The van der Waals surface area contributed by atoms with Crippen molar-refractivity contribution < 1.29 is 23.5 Å². The van der Waals surface area contributed by atoms with E-state index in [2.05, 4.69) is 5.32 Å². The minimum atomic E-state index is -1.04. The van der Waals surface area contributed by atoms with Crippen molar-refractivity contribution in [2.75, 3.05) is 5.32 Å². The number of ether oxygens (including phenoxy) is 2. The van der Waals surface area contributed by atoms with Crippen LogP contribution in [-0.2, 0) is 25.5 Å². The van der Waals surface area contributed by atoms with Crippen LogP contribution in [0.15, 0.2) is 60.2 Å². The van der Waals surface area contributed by atoms with Gasteiger partial charge in [0, 0.05) is 11.3 Å². The fraction of sp³-hybridized carbons (Fsp3) is 0.238. The van der Waals surface area contributed by atoms with Crippen molar-refractivity contribution in [2.45, 2.75) is 31.6 Å². The van der Waals surface area contributed by atoms with Crippen LogP contribution in [0.3, 0.4) is 0 Å². The number of carbonyl (C=O) groups is 2. The third kappa shape index (κ3) is 3.43. The maximum Gasteiger partial charge on any atom is 0.348 e. The molecule has 1 N–H and O–H groups in total. The largest absolute Gasteiger partial charge is 0.417 e. The standard InChI is InChI=1S/C21H18FNO4/c1-21(10-9-14-11-15(22)7-8-17(14)23-21)12-16-18(24)26-20(27-19(16)25)13-5-3-2-4-6-13/h2-8,11-12,20,23H,9-10H2,1H3. The predicted molar refractivity (Wildman–Crippen MR) is 96.2 cm³/mol. The molecular weight excluding hydrogens is 349 g/mol. The van der Waals surface area contributed by atoms with Gasteiger partial charge >= 0.3 is 11.9 Å². The number of carbonyl (C=O) groups excluding carboxylic acids is 2. The molecule has 2 heterocycles. The molecule has 2 aliphatic heterocycles. The molecule has 0 saturated carbocycles. The number of benzene rings is 2. The first kappa shape index (κ1) is 17.3. The SMILES string of the molecule is CC1(C=C2C(=O)OC(c3ccccc3)OC2=O)CCc2cc(F)ccc2N1. The molecule has 2 aromatic carbocycles. The lowest BCUT2D eigenvalue weighted by molar-refractivity contribution is -0.195. The summed E-state index contributed by atoms with van der Waals surface area (Å²) in [4.78, 5) is 24.9. The van der Waals surface area contributed by atoms with E-state index in [-0.39, 0.29) is 11.4 Å². The summed E-state index contributed by atoms with van der Waals surface area (Å²) in [7, 11) is 0. The van der Waals surface area contributed by atoms with Crippen LogP contribution in [0.25, 0.3) is 0 Å². The maximum absolute atomic E-state index is 13.4. The van der Waals surface area contributed by atoms with Crippen molar-refractivity contribution in [1.29, 1.82) is 0 Å². The second-order valence-corrected chi connectivity index (χ2v) is 6.96. The number of cyclic esters (lactones) is 2. The van der Waals surface area contributed by atoms with Crippen LogP contribution in [0.2, 0.25) is 0 Å². The van der Waals surface area contributed by atoms with Crippen LogP contribution in [0.4, 0.5) is 10.1 Å². The first-order valence-corrected chi connectivity index (χ1v) is 8.70. The average Bonchev–Trinajstić information content (AvgIpc) is 2.66. The zero-order chi connectivity index (χ0) is 19.0. The van der Waals surface area contributed by atoms with Crippen LogP contribution >= 0.6 is 0 Å². The molecule has 0 spiro atoms. The Morgan fingerprint density at radius 2 is 1.81 bits per heavy atom. The Bertz CT molecular complexity index is 920. The van der Waals surface area contributed by atoms with E-state index < -0.39 is 23.8 Å². The van der Waals surface area contributed by atoms with Crippen molar-refractivity contribution >= 4 is 17.6 Å². The van der Waals surface area contributed by atoms with Gasteiger partial charge in [0.25, 0.3) is 6.29 Å². The molecule has 2 aliphatic rings. The first-order valence-electron chi connectivity index (χ1n) is 8.70. The minimum Gasteiger partial charge on any atom is -0.417 e. The van der Waals surface area contributed by atoms with Gasteiger partial charge in [0.15, 0.2) is 0 Å². The number of hydrogen-bond acceptors (Lipinski definition) is 5. The van der Waals surface area contributed by atoms with E-state index in [1.165, 1.54) is 12.1 Å². The molecule has 6 heteroatoms. The molecule has 1 saturated heterocycles. The van der Waals surface area contributed by atoms with Crippen LogP contribution in [0.1, 0.15) is 30.8 Å². The quantitative estimate of drug-likeness (QED) is 0.498. The smallest absolute Gasteiger partial charge is 0.348 e. The summed E-state index contributed by atoms with van der Waals surface area (Å²) < 4.78 is 24.0. The fourth-order valence-electron chi connectivity index (χ4n) is 3.38. The second-order valence-electron chi connectivity index (χ2n) is 6.96. The summed E-state index contributed by atoms with van der Waals surface area (Å²) in [6.45, 7) is 1.87.